The van der Waals surface area contributed by atoms with Crippen LogP contribution in [-0.4, -0.2) is 14.5 Å². The number of hydrogen-bond donors (Lipinski definition) is 0. The van der Waals surface area contributed by atoms with Crippen LogP contribution in [0, 0.1) is 25.8 Å². The van der Waals surface area contributed by atoms with Gasteiger partial charge < -0.3 is 9.55 Å². The molecule has 10 aromatic rings. The fourth-order valence-electron chi connectivity index (χ4n) is 7.76. The summed E-state index contributed by atoms with van der Waals surface area (Å²) in [5.74, 6) is 1.80. The second kappa shape index (κ2) is 15.8. The topological polar surface area (TPSA) is 30.7 Å². The second-order valence-electron chi connectivity index (χ2n) is 14.8. The minimum atomic E-state index is -2.58. The first kappa shape index (κ1) is 31.6. The van der Waals surface area contributed by atoms with Crippen molar-refractivity contribution in [1.82, 2.24) is 14.5 Å². The summed E-state index contributed by atoms with van der Waals surface area (Å²) >= 11 is 1.61. The molecule has 0 atom stereocenters. The van der Waals surface area contributed by atoms with Crippen molar-refractivity contribution in [2.45, 2.75) is 53.2 Å². The van der Waals surface area contributed by atoms with Crippen LogP contribution in [0.2, 0.25) is 0 Å². The first-order valence-corrected chi connectivity index (χ1v) is 19.8. The number of aromatic nitrogens is 3. The zero-order valence-corrected chi connectivity index (χ0v) is 35.2. The van der Waals surface area contributed by atoms with Crippen LogP contribution in [0.1, 0.15) is 70.0 Å². The standard InChI is InChI=1S/C27H18NS.C25H25N2.Ir/c1-16-12-25(28-15-17(16)2)22-9-5-8-21-24-13-19-11-10-18-6-3-4-7-20(18)23(19)14-26(24)29-27(21)22;1-17(2)20-13-10-14-21(18(3)4)24(20)27-23-16-9-8-15-22(23)26-25(27)19-11-6-5-7-12-19;/h3-8,10-15H,1-2H3;5-11,13-18H,1-4H3;/q2*-1;/i1D3,2D3;;. The first-order valence-electron chi connectivity index (χ1n) is 22.0. The Labute approximate surface area is 360 Å². The maximum atomic E-state index is 7.90. The summed E-state index contributed by atoms with van der Waals surface area (Å²) in [5, 5.41) is 6.85. The van der Waals surface area contributed by atoms with E-state index in [1.54, 1.807) is 11.3 Å². The summed E-state index contributed by atoms with van der Waals surface area (Å²) in [4.78, 5) is 9.36. The summed E-state index contributed by atoms with van der Waals surface area (Å²) in [7, 11) is 0. The van der Waals surface area contributed by atoms with E-state index in [0.29, 0.717) is 23.1 Å². The van der Waals surface area contributed by atoms with E-state index < -0.39 is 13.7 Å². The van der Waals surface area contributed by atoms with Crippen molar-refractivity contribution in [3.8, 4) is 28.3 Å². The fourth-order valence-corrected chi connectivity index (χ4v) is 8.99. The molecule has 0 saturated heterocycles. The van der Waals surface area contributed by atoms with Crippen molar-refractivity contribution in [1.29, 1.82) is 0 Å². The molecule has 283 valence electrons. The van der Waals surface area contributed by atoms with E-state index in [1.165, 1.54) is 45.2 Å². The Balaban J connectivity index is 0.000000176. The number of nitrogens with zero attached hydrogens (tertiary/aromatic N) is 3. The predicted molar refractivity (Wildman–Crippen MR) is 239 cm³/mol. The van der Waals surface area contributed by atoms with Gasteiger partial charge in [0.2, 0.25) is 0 Å². The molecule has 0 aliphatic carbocycles. The zero-order chi connectivity index (χ0) is 43.5. The average molecular weight is 940 g/mol. The Hall–Kier alpha value is -5.45. The summed E-state index contributed by atoms with van der Waals surface area (Å²) in [6.45, 7) is 3.90. The van der Waals surface area contributed by atoms with Gasteiger partial charge in [-0.3, -0.25) is 4.98 Å². The molecule has 0 N–H and O–H groups in total. The third-order valence-corrected chi connectivity index (χ3v) is 11.7. The maximum absolute atomic E-state index is 7.90. The quantitative estimate of drug-likeness (QED) is 0.127. The number of aryl methyl sites for hydroxylation is 2. The van der Waals surface area contributed by atoms with Gasteiger partial charge in [0.05, 0.1) is 16.9 Å². The largest absolute Gasteiger partial charge is 0.333 e. The van der Waals surface area contributed by atoms with Gasteiger partial charge in [0, 0.05) is 44.9 Å². The minimum Gasteiger partial charge on any atom is -0.333 e. The Kier molecular flexibility index (Phi) is 8.78. The van der Waals surface area contributed by atoms with Crippen molar-refractivity contribution in [3.63, 3.8) is 0 Å². The van der Waals surface area contributed by atoms with E-state index in [9.17, 15) is 0 Å². The van der Waals surface area contributed by atoms with Crippen molar-refractivity contribution in [2.75, 3.05) is 0 Å². The molecule has 0 amide bonds. The normalized spacial score (nSPS) is 13.5. The molecule has 0 aliphatic rings. The van der Waals surface area contributed by atoms with Crippen molar-refractivity contribution in [2.24, 2.45) is 0 Å². The molecule has 5 heteroatoms. The number of rotatable bonds is 5. The molecule has 7 aromatic carbocycles. The Morgan fingerprint density at radius 1 is 0.649 bits per heavy atom. The fraction of sp³-hybridized carbons (Fsp3) is 0.154. The second-order valence-corrected chi connectivity index (χ2v) is 15.9. The van der Waals surface area contributed by atoms with Gasteiger partial charge in [-0.05, 0) is 104 Å². The number of benzene rings is 7. The molecule has 0 fully saturated rings. The molecule has 0 unspecified atom stereocenters. The van der Waals surface area contributed by atoms with E-state index in [-0.39, 0.29) is 31.2 Å². The van der Waals surface area contributed by atoms with E-state index in [4.69, 9.17) is 13.2 Å². The number of pyridine rings is 1. The molecule has 3 aromatic heterocycles. The van der Waals surface area contributed by atoms with Gasteiger partial charge in [-0.1, -0.05) is 111 Å². The molecular formula is C52H43IrN3S-2. The number of fused-ring (bicyclic) bond motifs is 7. The Bertz CT molecular complexity index is 3270. The van der Waals surface area contributed by atoms with E-state index in [1.807, 2.05) is 42.5 Å². The van der Waals surface area contributed by atoms with Crippen LogP contribution < -0.4 is 0 Å². The molecule has 1 radical (unpaired) electrons. The van der Waals surface area contributed by atoms with Gasteiger partial charge in [0.25, 0.3) is 0 Å². The van der Waals surface area contributed by atoms with Gasteiger partial charge in [0.1, 0.15) is 0 Å². The Morgan fingerprint density at radius 3 is 2.18 bits per heavy atom. The van der Waals surface area contributed by atoms with Gasteiger partial charge in [0.15, 0.2) is 0 Å². The van der Waals surface area contributed by atoms with Gasteiger partial charge in [-0.2, -0.15) is 11.3 Å². The maximum Gasteiger partial charge on any atom is 0.0774 e. The van der Waals surface area contributed by atoms with Crippen molar-refractivity contribution < 1.29 is 28.3 Å². The number of hydrogen-bond acceptors (Lipinski definition) is 3. The molecule has 0 saturated carbocycles. The molecule has 57 heavy (non-hydrogen) atoms. The Morgan fingerprint density at radius 2 is 1.40 bits per heavy atom. The van der Waals surface area contributed by atoms with Crippen LogP contribution in [0.5, 0.6) is 0 Å². The van der Waals surface area contributed by atoms with Gasteiger partial charge in [-0.15, -0.1) is 59.7 Å². The van der Waals surface area contributed by atoms with E-state index in [2.05, 4.69) is 134 Å². The molecule has 0 aliphatic heterocycles. The third kappa shape index (κ3) is 6.99. The van der Waals surface area contributed by atoms with Crippen molar-refractivity contribution >= 4 is 64.1 Å². The monoisotopic (exact) mass is 940 g/mol. The molecule has 10 rings (SSSR count). The SMILES string of the molecule is CC(C)c1cccc(C(C)C)c1-n1c(-c2[c-]cccc2)nc2ccccc21.[2H]C([2H])([2H])c1cnc(-c2[c-]ccc3c2sc2cc4c(ccc5ccccc54)cc23)cc1C([2H])([2H])[2H].[Ir]. The predicted octanol–water partition coefficient (Wildman–Crippen LogP) is 14.6. The van der Waals surface area contributed by atoms with E-state index in [0.717, 1.165) is 48.0 Å². The summed E-state index contributed by atoms with van der Waals surface area (Å²) in [5.41, 5.74) is 7.75. The minimum absolute atomic E-state index is 0. The summed E-state index contributed by atoms with van der Waals surface area (Å²) in [6, 6.07) is 51.9. The molecule has 3 heterocycles. The first-order chi connectivity index (χ1) is 29.7. The number of para-hydroxylation sites is 3. The van der Waals surface area contributed by atoms with E-state index >= 15 is 0 Å². The van der Waals surface area contributed by atoms with Gasteiger partial charge in [-0.25, -0.2) is 0 Å². The number of imidazole rings is 1. The molecule has 3 nitrogen and oxygen atoms in total. The molecular weight excluding hydrogens is 891 g/mol. The van der Waals surface area contributed by atoms with Crippen LogP contribution in [-0.2, 0) is 20.1 Å². The smallest absolute Gasteiger partial charge is 0.0774 e. The summed E-state index contributed by atoms with van der Waals surface area (Å²) < 4.78 is 51.3. The molecule has 0 spiro atoms. The van der Waals surface area contributed by atoms with Crippen molar-refractivity contribution in [3.05, 3.63) is 174 Å². The third-order valence-electron chi connectivity index (χ3n) is 10.5. The average Bonchev–Trinajstić information content (AvgIpc) is 3.83. The molecule has 0 bridgehead atoms. The van der Waals surface area contributed by atoms with Crippen LogP contribution in [0.25, 0.3) is 81.1 Å². The van der Waals surface area contributed by atoms with Crippen LogP contribution in [0.15, 0.2) is 140 Å². The van der Waals surface area contributed by atoms with Gasteiger partial charge >= 0.3 is 0 Å². The van der Waals surface area contributed by atoms with Crippen LogP contribution >= 0.6 is 11.3 Å². The zero-order valence-electron chi connectivity index (χ0n) is 38.0. The van der Waals surface area contributed by atoms with Crippen LogP contribution in [0.3, 0.4) is 0 Å². The number of thiophene rings is 1. The summed E-state index contributed by atoms with van der Waals surface area (Å²) in [6.07, 6.45) is 1.17. The van der Waals surface area contributed by atoms with Crippen LogP contribution in [0.4, 0.5) is 0 Å².